The van der Waals surface area contributed by atoms with Gasteiger partial charge in [0.25, 0.3) is 0 Å². The molecule has 5 nitrogen and oxygen atoms in total. The second-order valence-electron chi connectivity index (χ2n) is 3.37. The molecule has 1 unspecified atom stereocenters. The predicted molar refractivity (Wildman–Crippen MR) is 55.5 cm³/mol. The minimum absolute atomic E-state index is 0.0525. The fourth-order valence-electron chi connectivity index (χ4n) is 0.570. The summed E-state index contributed by atoms with van der Waals surface area (Å²) in [6.07, 6.45) is 0. The first kappa shape index (κ1) is 14.7. The lowest BCUT2D eigenvalue weighted by Gasteiger charge is -2.17. The van der Waals surface area contributed by atoms with Gasteiger partial charge in [-0.15, -0.1) is 4.52 Å². The molecule has 0 aliphatic heterocycles. The maximum absolute atomic E-state index is 11.5. The predicted octanol–water partition coefficient (Wildman–Crippen LogP) is 0.896. The first-order chi connectivity index (χ1) is 6.78. The molecule has 0 rings (SSSR count). The summed E-state index contributed by atoms with van der Waals surface area (Å²) in [5.74, 6) is 0.00888. The molecule has 0 amide bonds. The van der Waals surface area contributed by atoms with Crippen LogP contribution >= 0.6 is 20.0 Å². The summed E-state index contributed by atoms with van der Waals surface area (Å²) < 4.78 is 14.3. The monoisotopic (exact) mass is 252 g/mol. The standard InChI is InChI=1S/C8H13O5PS/c1-6(9)8(2,3)7(10)15-5-4-13-14(11)12/h4-5H2,1-3H3. The summed E-state index contributed by atoms with van der Waals surface area (Å²) >= 11 is 0.902. The Morgan fingerprint density at radius 3 is 2.40 bits per heavy atom. The third-order valence-corrected chi connectivity index (χ3v) is 3.44. The van der Waals surface area contributed by atoms with Crippen LogP contribution in [-0.4, -0.2) is 23.3 Å². The summed E-state index contributed by atoms with van der Waals surface area (Å²) in [7, 11) is -2.86. The molecule has 0 saturated carbocycles. The molecule has 0 heterocycles. The van der Waals surface area contributed by atoms with Crippen molar-refractivity contribution in [2.24, 2.45) is 5.41 Å². The van der Waals surface area contributed by atoms with Crippen LogP contribution in [-0.2, 0) is 18.7 Å². The van der Waals surface area contributed by atoms with Gasteiger partial charge in [-0.2, -0.15) is 0 Å². The molecule has 0 N–H and O–H groups in total. The van der Waals surface area contributed by atoms with Crippen LogP contribution in [0, 0.1) is 5.41 Å². The Morgan fingerprint density at radius 1 is 1.47 bits per heavy atom. The van der Waals surface area contributed by atoms with E-state index in [1.165, 1.54) is 6.92 Å². The topological polar surface area (TPSA) is 83.5 Å². The minimum atomic E-state index is -2.86. The van der Waals surface area contributed by atoms with Crippen LogP contribution in [0.2, 0.25) is 0 Å². The van der Waals surface area contributed by atoms with Crippen molar-refractivity contribution in [3.8, 4) is 0 Å². The van der Waals surface area contributed by atoms with Crippen molar-refractivity contribution >= 4 is 30.9 Å². The van der Waals surface area contributed by atoms with Crippen LogP contribution in [0.25, 0.3) is 0 Å². The highest BCUT2D eigenvalue weighted by Gasteiger charge is 2.32. The van der Waals surface area contributed by atoms with Gasteiger partial charge in [-0.05, 0) is 25.3 Å². The van der Waals surface area contributed by atoms with Crippen molar-refractivity contribution in [1.29, 1.82) is 0 Å². The molecule has 15 heavy (non-hydrogen) atoms. The molecule has 0 spiro atoms. The summed E-state index contributed by atoms with van der Waals surface area (Å²) in [4.78, 5) is 32.6. The van der Waals surface area contributed by atoms with E-state index >= 15 is 0 Å². The highest BCUT2D eigenvalue weighted by Crippen LogP contribution is 2.25. The Balaban J connectivity index is 3.94. The van der Waals surface area contributed by atoms with Gasteiger partial charge in [-0.25, -0.2) is 0 Å². The van der Waals surface area contributed by atoms with Crippen LogP contribution in [0.1, 0.15) is 20.8 Å². The number of Topliss-reactive ketones (excluding diaryl/α,β-unsaturated/α-hetero) is 1. The molecular formula is C8H13O5PS. The number of hydrogen-bond donors (Lipinski definition) is 0. The van der Waals surface area contributed by atoms with E-state index in [0.717, 1.165) is 11.8 Å². The molecular weight excluding hydrogens is 239 g/mol. The second kappa shape index (κ2) is 6.33. The molecule has 1 atom stereocenters. The highest BCUT2D eigenvalue weighted by molar-refractivity contribution is 8.13. The molecule has 0 saturated heterocycles. The van der Waals surface area contributed by atoms with Gasteiger partial charge in [0.05, 0.1) is 5.41 Å². The van der Waals surface area contributed by atoms with E-state index in [-0.39, 0.29) is 23.3 Å². The fourth-order valence-corrected chi connectivity index (χ4v) is 1.79. The molecule has 0 aromatic rings. The average molecular weight is 252 g/mol. The molecule has 0 aliphatic rings. The van der Waals surface area contributed by atoms with Gasteiger partial charge in [-0.1, -0.05) is 11.8 Å². The Morgan fingerprint density at radius 2 is 2.00 bits per heavy atom. The SMILES string of the molecule is CC(=O)C(C)(C)C(=O)SCCO[P+](=O)[O-]. The fraction of sp³-hybridized carbons (Fsp3) is 0.750. The van der Waals surface area contributed by atoms with Gasteiger partial charge in [0.1, 0.15) is 12.4 Å². The van der Waals surface area contributed by atoms with Crippen molar-refractivity contribution in [3.63, 3.8) is 0 Å². The van der Waals surface area contributed by atoms with E-state index in [0.29, 0.717) is 0 Å². The number of ketones is 1. The molecule has 0 aliphatic carbocycles. The third kappa shape index (κ3) is 5.37. The normalized spacial score (nSPS) is 12.4. The highest BCUT2D eigenvalue weighted by atomic mass is 32.2. The molecule has 0 aromatic carbocycles. The number of carbonyl (C=O) groups excluding carboxylic acids is 2. The van der Waals surface area contributed by atoms with E-state index in [1.807, 2.05) is 0 Å². The van der Waals surface area contributed by atoms with Crippen molar-refractivity contribution in [2.45, 2.75) is 20.8 Å². The number of carbonyl (C=O) groups is 2. The van der Waals surface area contributed by atoms with Gasteiger partial charge >= 0.3 is 8.25 Å². The third-order valence-electron chi connectivity index (χ3n) is 1.90. The Bertz CT molecular complexity index is 276. The number of thioether (sulfide) groups is 1. The first-order valence-corrected chi connectivity index (χ1v) is 6.32. The maximum atomic E-state index is 11.5. The molecule has 0 radical (unpaired) electrons. The molecule has 0 bridgehead atoms. The van der Waals surface area contributed by atoms with E-state index in [9.17, 15) is 19.0 Å². The van der Waals surface area contributed by atoms with Gasteiger partial charge in [0.2, 0.25) is 5.12 Å². The average Bonchev–Trinajstić information content (AvgIpc) is 2.11. The quantitative estimate of drug-likeness (QED) is 0.396. The van der Waals surface area contributed by atoms with Crippen molar-refractivity contribution < 1.29 is 23.6 Å². The van der Waals surface area contributed by atoms with Crippen LogP contribution in [0.4, 0.5) is 0 Å². The minimum Gasteiger partial charge on any atom is -0.566 e. The molecule has 0 aromatic heterocycles. The van der Waals surface area contributed by atoms with Gasteiger partial charge in [-0.3, -0.25) is 9.59 Å². The van der Waals surface area contributed by atoms with Gasteiger partial charge in [0, 0.05) is 5.75 Å². The Labute approximate surface area is 93.5 Å². The van der Waals surface area contributed by atoms with Crippen molar-refractivity contribution in [3.05, 3.63) is 0 Å². The largest absolute Gasteiger partial charge is 0.566 e. The van der Waals surface area contributed by atoms with Crippen LogP contribution in [0.15, 0.2) is 0 Å². The lowest BCUT2D eigenvalue weighted by Crippen LogP contribution is -2.29. The number of hydrogen-bond acceptors (Lipinski definition) is 6. The maximum Gasteiger partial charge on any atom is 0.488 e. The van der Waals surface area contributed by atoms with E-state index in [2.05, 4.69) is 4.52 Å². The van der Waals surface area contributed by atoms with E-state index in [4.69, 9.17) is 0 Å². The van der Waals surface area contributed by atoms with Crippen molar-refractivity contribution in [2.75, 3.05) is 12.4 Å². The smallest absolute Gasteiger partial charge is 0.488 e. The second-order valence-corrected chi connectivity index (χ2v) is 5.15. The zero-order valence-corrected chi connectivity index (χ0v) is 10.5. The summed E-state index contributed by atoms with van der Waals surface area (Å²) in [5.41, 5.74) is -1.02. The van der Waals surface area contributed by atoms with E-state index < -0.39 is 13.7 Å². The van der Waals surface area contributed by atoms with Gasteiger partial charge in [0.15, 0.2) is 0 Å². The zero-order valence-electron chi connectivity index (χ0n) is 8.81. The lowest BCUT2D eigenvalue weighted by atomic mass is 9.91. The van der Waals surface area contributed by atoms with Crippen LogP contribution < -0.4 is 4.89 Å². The molecule has 86 valence electrons. The Kier molecular flexibility index (Phi) is 6.20. The molecule has 7 heteroatoms. The van der Waals surface area contributed by atoms with Crippen LogP contribution in [0.3, 0.4) is 0 Å². The summed E-state index contributed by atoms with van der Waals surface area (Å²) in [5, 5.41) is -0.278. The molecule has 0 fully saturated rings. The Hall–Kier alpha value is -0.290. The number of rotatable bonds is 6. The first-order valence-electron chi connectivity index (χ1n) is 4.24. The summed E-state index contributed by atoms with van der Waals surface area (Å²) in [6, 6.07) is 0. The zero-order chi connectivity index (χ0) is 12.1. The van der Waals surface area contributed by atoms with E-state index in [1.54, 1.807) is 13.8 Å². The van der Waals surface area contributed by atoms with Crippen LogP contribution in [0.5, 0.6) is 0 Å². The van der Waals surface area contributed by atoms with Crippen molar-refractivity contribution in [1.82, 2.24) is 0 Å². The van der Waals surface area contributed by atoms with Gasteiger partial charge < -0.3 is 4.89 Å². The lowest BCUT2D eigenvalue weighted by molar-refractivity contribution is -0.185. The summed E-state index contributed by atoms with van der Waals surface area (Å²) in [6.45, 7) is 4.38.